The predicted octanol–water partition coefficient (Wildman–Crippen LogP) is 1.98. The molecule has 5 nitrogen and oxygen atoms in total. The summed E-state index contributed by atoms with van der Waals surface area (Å²) in [5, 5.41) is 9.15. The first-order valence-electron chi connectivity index (χ1n) is 6.03. The molecule has 0 unspecified atom stereocenters. The summed E-state index contributed by atoms with van der Waals surface area (Å²) in [6.07, 6.45) is -5.54. The molecule has 9 heteroatoms. The summed E-state index contributed by atoms with van der Waals surface area (Å²) >= 11 is 0. The maximum Gasteiger partial charge on any atom is 0.573 e. The normalized spacial score (nSPS) is 14.2. The number of para-hydroxylation sites is 1. The molecule has 0 aromatic heterocycles. The Morgan fingerprint density at radius 1 is 1.33 bits per heavy atom. The Bertz CT molecular complexity index is 572. The minimum atomic E-state index is -4.98. The number of ether oxygens (including phenoxy) is 1. The lowest BCUT2D eigenvalue weighted by atomic mass is 10.3. The lowest BCUT2D eigenvalue weighted by Gasteiger charge is -2.20. The fraction of sp³-hybridized carbons (Fsp3) is 0.500. The van der Waals surface area contributed by atoms with Crippen LogP contribution in [0, 0.1) is 0 Å². The molecule has 0 fully saturated rings. The van der Waals surface area contributed by atoms with Crippen molar-refractivity contribution in [3.05, 3.63) is 24.3 Å². The average Bonchev–Trinajstić information content (AvgIpc) is 2.34. The van der Waals surface area contributed by atoms with Crippen LogP contribution in [0.25, 0.3) is 0 Å². The van der Waals surface area contributed by atoms with E-state index in [1.54, 1.807) is 0 Å². The van der Waals surface area contributed by atoms with Crippen molar-refractivity contribution in [1.82, 2.24) is 4.31 Å². The number of sulfonamides is 1. The van der Waals surface area contributed by atoms with Crippen LogP contribution in [0.4, 0.5) is 13.2 Å². The van der Waals surface area contributed by atoms with Gasteiger partial charge < -0.3 is 9.84 Å². The lowest BCUT2D eigenvalue weighted by molar-refractivity contribution is -0.275. The van der Waals surface area contributed by atoms with Gasteiger partial charge in [-0.2, -0.15) is 0 Å². The van der Waals surface area contributed by atoms with Crippen molar-refractivity contribution in [2.45, 2.75) is 30.7 Å². The van der Waals surface area contributed by atoms with Crippen LogP contribution in [-0.2, 0) is 10.0 Å². The molecule has 0 bridgehead atoms. The molecular weight excluding hydrogens is 311 g/mol. The van der Waals surface area contributed by atoms with E-state index in [0.29, 0.717) is 0 Å². The third-order valence-corrected chi connectivity index (χ3v) is 4.52. The van der Waals surface area contributed by atoms with Crippen LogP contribution in [0.2, 0.25) is 0 Å². The van der Waals surface area contributed by atoms with E-state index < -0.39 is 33.1 Å². The molecule has 1 rings (SSSR count). The number of hydrogen-bond donors (Lipinski definition) is 1. The van der Waals surface area contributed by atoms with Crippen LogP contribution >= 0.6 is 0 Å². The molecule has 0 amide bonds. The second kappa shape index (κ2) is 6.63. The van der Waals surface area contributed by atoms with Crippen LogP contribution in [0.3, 0.4) is 0 Å². The van der Waals surface area contributed by atoms with E-state index >= 15 is 0 Å². The van der Waals surface area contributed by atoms with E-state index in [1.807, 2.05) is 0 Å². The molecule has 0 aliphatic carbocycles. The Balaban J connectivity index is 3.08. The van der Waals surface area contributed by atoms with Crippen molar-refractivity contribution >= 4 is 10.0 Å². The standard InChI is InChI=1S/C12H16F3NO4S/c1-9(17)7-8-16(2)21(18,19)11-6-4-3-5-10(11)20-12(13,14)15/h3-6,9,17H,7-8H2,1-2H3/t9-/m0/s1. The number of hydrogen-bond acceptors (Lipinski definition) is 4. The van der Waals surface area contributed by atoms with E-state index in [2.05, 4.69) is 4.74 Å². The van der Waals surface area contributed by atoms with E-state index in [9.17, 15) is 21.6 Å². The van der Waals surface area contributed by atoms with Gasteiger partial charge in [-0.1, -0.05) is 12.1 Å². The van der Waals surface area contributed by atoms with Gasteiger partial charge in [0.25, 0.3) is 0 Å². The minimum Gasteiger partial charge on any atom is -0.404 e. The van der Waals surface area contributed by atoms with Crippen LogP contribution in [0.1, 0.15) is 13.3 Å². The molecule has 0 aliphatic rings. The first-order chi connectivity index (χ1) is 9.54. The van der Waals surface area contributed by atoms with Gasteiger partial charge >= 0.3 is 6.36 Å². The van der Waals surface area contributed by atoms with Gasteiger partial charge in [0.2, 0.25) is 10.0 Å². The van der Waals surface area contributed by atoms with Gasteiger partial charge in [0, 0.05) is 13.6 Å². The van der Waals surface area contributed by atoms with Gasteiger partial charge in [0.05, 0.1) is 6.10 Å². The molecule has 0 heterocycles. The topological polar surface area (TPSA) is 66.8 Å². The third-order valence-electron chi connectivity index (χ3n) is 2.62. The van der Waals surface area contributed by atoms with Crippen molar-refractivity contribution in [2.75, 3.05) is 13.6 Å². The molecule has 120 valence electrons. The monoisotopic (exact) mass is 327 g/mol. The Labute approximate surface area is 121 Å². The summed E-state index contributed by atoms with van der Waals surface area (Å²) in [7, 11) is -2.92. The number of aliphatic hydroxyl groups is 1. The van der Waals surface area contributed by atoms with E-state index in [1.165, 1.54) is 26.1 Å². The van der Waals surface area contributed by atoms with Crippen LogP contribution in [-0.4, -0.2) is 43.9 Å². The highest BCUT2D eigenvalue weighted by Crippen LogP contribution is 2.30. The van der Waals surface area contributed by atoms with Gasteiger partial charge in [-0.05, 0) is 25.5 Å². The van der Waals surface area contributed by atoms with Gasteiger partial charge in [-0.25, -0.2) is 12.7 Å². The maximum atomic E-state index is 12.3. The fourth-order valence-corrected chi connectivity index (χ4v) is 2.83. The van der Waals surface area contributed by atoms with Gasteiger partial charge in [-0.3, -0.25) is 0 Å². The van der Waals surface area contributed by atoms with Crippen molar-refractivity contribution in [1.29, 1.82) is 0 Å². The predicted molar refractivity (Wildman–Crippen MR) is 69.2 cm³/mol. The van der Waals surface area contributed by atoms with Crippen molar-refractivity contribution in [3.63, 3.8) is 0 Å². The zero-order chi connectivity index (χ0) is 16.3. The summed E-state index contributed by atoms with van der Waals surface area (Å²) in [5.74, 6) is -0.783. The molecule has 0 radical (unpaired) electrons. The largest absolute Gasteiger partial charge is 0.573 e. The smallest absolute Gasteiger partial charge is 0.404 e. The second-order valence-electron chi connectivity index (χ2n) is 4.46. The summed E-state index contributed by atoms with van der Waals surface area (Å²) in [4.78, 5) is -0.574. The number of rotatable bonds is 6. The Hall–Kier alpha value is -1.32. The van der Waals surface area contributed by atoms with Crippen molar-refractivity contribution in [3.8, 4) is 5.75 Å². The first-order valence-corrected chi connectivity index (χ1v) is 7.47. The van der Waals surface area contributed by atoms with E-state index in [-0.39, 0.29) is 13.0 Å². The highest BCUT2D eigenvalue weighted by atomic mass is 32.2. The molecule has 0 saturated heterocycles. The van der Waals surface area contributed by atoms with E-state index in [4.69, 9.17) is 5.11 Å². The Morgan fingerprint density at radius 2 is 1.90 bits per heavy atom. The highest BCUT2D eigenvalue weighted by Gasteiger charge is 2.34. The lowest BCUT2D eigenvalue weighted by Crippen LogP contribution is -2.30. The molecular formula is C12H16F3NO4S. The van der Waals surface area contributed by atoms with Crippen LogP contribution in [0.5, 0.6) is 5.75 Å². The molecule has 1 aromatic carbocycles. The summed E-state index contributed by atoms with van der Waals surface area (Å²) in [6.45, 7) is 1.46. The van der Waals surface area contributed by atoms with Gasteiger partial charge in [0.15, 0.2) is 0 Å². The highest BCUT2D eigenvalue weighted by molar-refractivity contribution is 7.89. The molecule has 21 heavy (non-hydrogen) atoms. The Kier molecular flexibility index (Phi) is 5.60. The molecule has 1 N–H and O–H groups in total. The molecule has 0 spiro atoms. The van der Waals surface area contributed by atoms with Gasteiger partial charge in [-0.15, -0.1) is 13.2 Å². The molecule has 1 aromatic rings. The maximum absolute atomic E-state index is 12.3. The van der Waals surface area contributed by atoms with E-state index in [0.717, 1.165) is 16.4 Å². The number of halogens is 3. The number of nitrogens with zero attached hydrogens (tertiary/aromatic N) is 1. The van der Waals surface area contributed by atoms with Gasteiger partial charge in [0.1, 0.15) is 10.6 Å². The van der Waals surface area contributed by atoms with Crippen LogP contribution < -0.4 is 4.74 Å². The van der Waals surface area contributed by atoms with Crippen LogP contribution in [0.15, 0.2) is 29.2 Å². The zero-order valence-electron chi connectivity index (χ0n) is 11.5. The quantitative estimate of drug-likeness (QED) is 0.867. The summed E-state index contributed by atoms with van der Waals surface area (Å²) < 4.78 is 66.0. The Morgan fingerprint density at radius 3 is 2.43 bits per heavy atom. The SMILES string of the molecule is C[C@H](O)CCN(C)S(=O)(=O)c1ccccc1OC(F)(F)F. The fourth-order valence-electron chi connectivity index (χ4n) is 1.53. The van der Waals surface area contributed by atoms with Crippen molar-refractivity contribution in [2.24, 2.45) is 0 Å². The number of benzene rings is 1. The number of aliphatic hydroxyl groups excluding tert-OH is 1. The summed E-state index contributed by atoms with van der Waals surface area (Å²) in [6, 6.07) is 4.52. The number of alkyl halides is 3. The third kappa shape index (κ3) is 5.18. The van der Waals surface area contributed by atoms with Crippen molar-refractivity contribution < 1.29 is 31.4 Å². The molecule has 0 saturated carbocycles. The molecule has 0 aliphatic heterocycles. The zero-order valence-corrected chi connectivity index (χ0v) is 12.3. The molecule has 1 atom stereocenters. The minimum absolute atomic E-state index is 0.0274. The first kappa shape index (κ1) is 17.7. The average molecular weight is 327 g/mol. The summed E-state index contributed by atoms with van der Waals surface area (Å²) in [5.41, 5.74) is 0. The second-order valence-corrected chi connectivity index (χ2v) is 6.47.